The van der Waals surface area contributed by atoms with Crippen molar-refractivity contribution in [2.75, 3.05) is 33.3 Å². The Labute approximate surface area is 158 Å². The monoisotopic (exact) mass is 358 g/mol. The first-order valence-electron chi connectivity index (χ1n) is 10.4. The van der Waals surface area contributed by atoms with Crippen LogP contribution in [0.25, 0.3) is 0 Å². The second-order valence-electron chi connectivity index (χ2n) is 8.78. The molecular weight excluding hydrogens is 324 g/mol. The number of methoxy groups -OCH3 is 1. The van der Waals surface area contributed by atoms with Gasteiger partial charge in [-0.05, 0) is 74.7 Å². The lowest BCUT2D eigenvalue weighted by Gasteiger charge is -2.43. The molecule has 1 saturated carbocycles. The van der Waals surface area contributed by atoms with Crippen LogP contribution in [0.4, 0.5) is 0 Å². The van der Waals surface area contributed by atoms with Crippen LogP contribution in [-0.2, 0) is 13.1 Å². The van der Waals surface area contributed by atoms with Crippen molar-refractivity contribution in [2.45, 2.75) is 57.7 Å². The molecule has 26 heavy (non-hydrogen) atoms. The average molecular weight is 359 g/mol. The van der Waals surface area contributed by atoms with Gasteiger partial charge in [-0.2, -0.15) is 0 Å². The summed E-state index contributed by atoms with van der Waals surface area (Å²) in [6, 6.07) is 6.68. The fourth-order valence-corrected chi connectivity index (χ4v) is 5.05. The number of ether oxygens (including phenoxy) is 1. The molecule has 2 atom stereocenters. The Morgan fingerprint density at radius 3 is 2.54 bits per heavy atom. The zero-order chi connectivity index (χ0) is 18.1. The van der Waals surface area contributed by atoms with E-state index in [0.717, 1.165) is 38.3 Å². The fourth-order valence-electron chi connectivity index (χ4n) is 5.05. The minimum absolute atomic E-state index is 0.367. The van der Waals surface area contributed by atoms with E-state index in [9.17, 15) is 5.11 Å². The first-order chi connectivity index (χ1) is 12.6. The van der Waals surface area contributed by atoms with Crippen molar-refractivity contribution in [2.24, 2.45) is 11.8 Å². The summed E-state index contributed by atoms with van der Waals surface area (Å²) in [6.45, 7) is 8.62. The smallest absolute Gasteiger partial charge is 0.123 e. The van der Waals surface area contributed by atoms with Gasteiger partial charge in [-0.25, -0.2) is 0 Å². The summed E-state index contributed by atoms with van der Waals surface area (Å²) in [6.07, 6.45) is 6.00. The summed E-state index contributed by atoms with van der Waals surface area (Å²) >= 11 is 0. The molecule has 0 radical (unpaired) electrons. The van der Waals surface area contributed by atoms with E-state index in [2.05, 4.69) is 34.9 Å². The summed E-state index contributed by atoms with van der Waals surface area (Å²) in [5.41, 5.74) is 2.27. The minimum Gasteiger partial charge on any atom is -0.496 e. The standard InChI is InChI=1S/C22H34N2O2/c1-17-14-24(12-9-22(17,25)20-6-7-20)15-18-5-8-21(26-2)19(13-18)16-23-10-3-4-11-23/h5,8,13,17,20,25H,3-4,6-7,9-12,14-16H2,1-2H3/t17-,22+/m1/s1. The van der Waals surface area contributed by atoms with E-state index in [4.69, 9.17) is 4.74 Å². The second kappa shape index (κ2) is 7.49. The van der Waals surface area contributed by atoms with Crippen LogP contribution in [0, 0.1) is 11.8 Å². The maximum atomic E-state index is 11.0. The minimum atomic E-state index is -0.405. The predicted octanol–water partition coefficient (Wildman–Crippen LogP) is 3.27. The lowest BCUT2D eigenvalue weighted by molar-refractivity contribution is -0.0832. The Bertz CT molecular complexity index is 625. The zero-order valence-electron chi connectivity index (χ0n) is 16.4. The third kappa shape index (κ3) is 3.78. The number of aliphatic hydroxyl groups is 1. The lowest BCUT2D eigenvalue weighted by Crippen LogP contribution is -2.51. The molecule has 1 N–H and O–H groups in total. The number of piperidine rings is 1. The topological polar surface area (TPSA) is 35.9 Å². The summed E-state index contributed by atoms with van der Waals surface area (Å²) in [5, 5.41) is 11.0. The first-order valence-corrected chi connectivity index (χ1v) is 10.4. The Balaban J connectivity index is 1.41. The number of nitrogens with zero attached hydrogens (tertiary/aromatic N) is 2. The van der Waals surface area contributed by atoms with Gasteiger partial charge in [0, 0.05) is 31.7 Å². The van der Waals surface area contributed by atoms with Crippen LogP contribution < -0.4 is 4.74 Å². The maximum absolute atomic E-state index is 11.0. The second-order valence-corrected chi connectivity index (χ2v) is 8.78. The molecule has 1 aromatic carbocycles. The summed E-state index contributed by atoms with van der Waals surface area (Å²) in [4.78, 5) is 5.04. The third-order valence-corrected chi connectivity index (χ3v) is 6.84. The highest BCUT2D eigenvalue weighted by Crippen LogP contribution is 2.47. The van der Waals surface area contributed by atoms with Crippen LogP contribution in [-0.4, -0.2) is 53.8 Å². The molecule has 2 heterocycles. The van der Waals surface area contributed by atoms with Gasteiger partial charge in [0.1, 0.15) is 5.75 Å². The highest BCUT2D eigenvalue weighted by molar-refractivity contribution is 5.37. The van der Waals surface area contributed by atoms with Crippen molar-refractivity contribution in [1.29, 1.82) is 0 Å². The molecule has 2 aliphatic heterocycles. The summed E-state index contributed by atoms with van der Waals surface area (Å²) in [5.74, 6) is 1.94. The predicted molar refractivity (Wildman–Crippen MR) is 104 cm³/mol. The normalized spacial score (nSPS) is 30.7. The molecular formula is C22H34N2O2. The van der Waals surface area contributed by atoms with Gasteiger partial charge in [0.05, 0.1) is 12.7 Å². The molecule has 3 aliphatic rings. The van der Waals surface area contributed by atoms with Gasteiger partial charge < -0.3 is 9.84 Å². The first kappa shape index (κ1) is 18.3. The molecule has 4 heteroatoms. The molecule has 2 saturated heterocycles. The van der Waals surface area contributed by atoms with Gasteiger partial charge in [0.15, 0.2) is 0 Å². The molecule has 4 rings (SSSR count). The average Bonchev–Trinajstić information content (AvgIpc) is 3.38. The van der Waals surface area contributed by atoms with E-state index in [0.29, 0.717) is 11.8 Å². The van der Waals surface area contributed by atoms with E-state index in [1.165, 1.54) is 49.9 Å². The van der Waals surface area contributed by atoms with Gasteiger partial charge in [-0.1, -0.05) is 13.0 Å². The van der Waals surface area contributed by atoms with E-state index >= 15 is 0 Å². The van der Waals surface area contributed by atoms with Crippen molar-refractivity contribution in [3.05, 3.63) is 29.3 Å². The molecule has 0 spiro atoms. The lowest BCUT2D eigenvalue weighted by atomic mass is 9.78. The Morgan fingerprint density at radius 2 is 1.88 bits per heavy atom. The highest BCUT2D eigenvalue weighted by Gasteiger charge is 2.49. The summed E-state index contributed by atoms with van der Waals surface area (Å²) in [7, 11) is 1.77. The van der Waals surface area contributed by atoms with Crippen molar-refractivity contribution in [3.63, 3.8) is 0 Å². The van der Waals surface area contributed by atoms with E-state index in [1.807, 2.05) is 0 Å². The van der Waals surface area contributed by atoms with Gasteiger partial charge >= 0.3 is 0 Å². The SMILES string of the molecule is COc1ccc(CN2CC[C@@](O)(C3CC3)[C@H](C)C2)cc1CN1CCCC1. The van der Waals surface area contributed by atoms with Gasteiger partial charge in [0.25, 0.3) is 0 Å². The largest absolute Gasteiger partial charge is 0.496 e. The fraction of sp³-hybridized carbons (Fsp3) is 0.727. The molecule has 4 nitrogen and oxygen atoms in total. The molecule has 1 aliphatic carbocycles. The number of likely N-dealkylation sites (tertiary alicyclic amines) is 2. The van der Waals surface area contributed by atoms with E-state index < -0.39 is 5.60 Å². The Morgan fingerprint density at radius 1 is 1.12 bits per heavy atom. The summed E-state index contributed by atoms with van der Waals surface area (Å²) < 4.78 is 5.60. The van der Waals surface area contributed by atoms with E-state index in [-0.39, 0.29) is 0 Å². The van der Waals surface area contributed by atoms with E-state index in [1.54, 1.807) is 7.11 Å². The van der Waals surface area contributed by atoms with Crippen molar-refractivity contribution >= 4 is 0 Å². The van der Waals surface area contributed by atoms with Crippen molar-refractivity contribution in [3.8, 4) is 5.75 Å². The zero-order valence-corrected chi connectivity index (χ0v) is 16.4. The van der Waals surface area contributed by atoms with Gasteiger partial charge in [-0.15, -0.1) is 0 Å². The van der Waals surface area contributed by atoms with Gasteiger partial charge in [-0.3, -0.25) is 9.80 Å². The molecule has 0 unspecified atom stereocenters. The molecule has 0 aromatic heterocycles. The van der Waals surface area contributed by atoms with Crippen LogP contribution in [0.2, 0.25) is 0 Å². The molecule has 1 aromatic rings. The van der Waals surface area contributed by atoms with Crippen LogP contribution in [0.3, 0.4) is 0 Å². The number of benzene rings is 1. The van der Waals surface area contributed by atoms with Crippen LogP contribution in [0.15, 0.2) is 18.2 Å². The number of hydrogen-bond acceptors (Lipinski definition) is 4. The third-order valence-electron chi connectivity index (χ3n) is 6.84. The molecule has 144 valence electrons. The quantitative estimate of drug-likeness (QED) is 0.847. The molecule has 0 bridgehead atoms. The Hall–Kier alpha value is -1.10. The van der Waals surface area contributed by atoms with Crippen molar-refractivity contribution < 1.29 is 9.84 Å². The number of hydrogen-bond donors (Lipinski definition) is 1. The van der Waals surface area contributed by atoms with Crippen LogP contribution in [0.5, 0.6) is 5.75 Å². The van der Waals surface area contributed by atoms with Crippen LogP contribution in [0.1, 0.15) is 50.2 Å². The maximum Gasteiger partial charge on any atom is 0.123 e. The van der Waals surface area contributed by atoms with Gasteiger partial charge in [0.2, 0.25) is 0 Å². The van der Waals surface area contributed by atoms with Crippen LogP contribution >= 0.6 is 0 Å². The number of rotatable bonds is 6. The Kier molecular flexibility index (Phi) is 5.27. The highest BCUT2D eigenvalue weighted by atomic mass is 16.5. The molecule has 3 fully saturated rings. The molecule has 0 amide bonds. The van der Waals surface area contributed by atoms with Crippen molar-refractivity contribution in [1.82, 2.24) is 9.80 Å².